The van der Waals surface area contributed by atoms with Crippen molar-refractivity contribution >= 4 is 11.8 Å². The summed E-state index contributed by atoms with van der Waals surface area (Å²) in [5.74, 6) is -2.69. The molecule has 3 atom stereocenters. The van der Waals surface area contributed by atoms with Gasteiger partial charge in [-0.25, -0.2) is 4.79 Å². The van der Waals surface area contributed by atoms with Crippen LogP contribution in [0.5, 0.6) is 5.75 Å². The van der Waals surface area contributed by atoms with Crippen molar-refractivity contribution in [3.8, 4) is 5.75 Å². The number of carbonyl (C=O) groups excluding carboxylic acids is 2. The second kappa shape index (κ2) is 7.12. The van der Waals surface area contributed by atoms with Gasteiger partial charge in [0.2, 0.25) is 5.72 Å². The summed E-state index contributed by atoms with van der Waals surface area (Å²) in [5, 5.41) is 14.2. The van der Waals surface area contributed by atoms with Crippen LogP contribution in [0.3, 0.4) is 0 Å². The fraction of sp³-hybridized carbons (Fsp3) is 0.278. The number of carbonyl (C=O) groups is 2. The Balaban J connectivity index is 2.13. The Morgan fingerprint density at radius 2 is 1.93 bits per heavy atom. The minimum Gasteiger partial charge on any atom is -0.497 e. The summed E-state index contributed by atoms with van der Waals surface area (Å²) in [4.78, 5) is 28.6. The maximum Gasteiger partial charge on any atom is 0.437 e. The van der Waals surface area contributed by atoms with E-state index in [2.05, 4.69) is 10.3 Å². The third-order valence-electron chi connectivity index (χ3n) is 4.51. The van der Waals surface area contributed by atoms with Crippen molar-refractivity contribution < 1.29 is 32.6 Å². The molecule has 28 heavy (non-hydrogen) atoms. The zero-order valence-corrected chi connectivity index (χ0v) is 14.5. The van der Waals surface area contributed by atoms with Gasteiger partial charge in [0.1, 0.15) is 11.7 Å². The summed E-state index contributed by atoms with van der Waals surface area (Å²) in [5.41, 5.74) is -3.71. The molecule has 0 aliphatic carbocycles. The first-order valence-corrected chi connectivity index (χ1v) is 8.13. The Hall–Kier alpha value is -3.14. The Bertz CT molecular complexity index is 874. The van der Waals surface area contributed by atoms with Crippen LogP contribution in [-0.2, 0) is 0 Å². The number of hydrogen-bond donors (Lipinski definition) is 3. The van der Waals surface area contributed by atoms with Crippen molar-refractivity contribution in [3.63, 3.8) is 0 Å². The molecular formula is C18H16F3N3O4. The van der Waals surface area contributed by atoms with Crippen molar-refractivity contribution in [1.82, 2.24) is 15.6 Å². The van der Waals surface area contributed by atoms with Gasteiger partial charge in [0, 0.05) is 18.0 Å². The monoisotopic (exact) mass is 395 g/mol. The Morgan fingerprint density at radius 1 is 1.25 bits per heavy atom. The number of ketones is 1. The highest BCUT2D eigenvalue weighted by Crippen LogP contribution is 2.44. The van der Waals surface area contributed by atoms with Gasteiger partial charge in [-0.15, -0.1) is 0 Å². The van der Waals surface area contributed by atoms with Crippen LogP contribution in [0.2, 0.25) is 0 Å². The minimum atomic E-state index is -5.31. The molecule has 2 heterocycles. The van der Waals surface area contributed by atoms with Crippen molar-refractivity contribution in [3.05, 3.63) is 59.9 Å². The summed E-state index contributed by atoms with van der Waals surface area (Å²) in [6.45, 7) is 0. The molecule has 3 N–H and O–H groups in total. The second-order valence-electron chi connectivity index (χ2n) is 6.20. The van der Waals surface area contributed by atoms with Gasteiger partial charge in [0.15, 0.2) is 5.78 Å². The fourth-order valence-electron chi connectivity index (χ4n) is 3.12. The first kappa shape index (κ1) is 19.6. The van der Waals surface area contributed by atoms with Crippen LogP contribution >= 0.6 is 0 Å². The largest absolute Gasteiger partial charge is 0.497 e. The lowest BCUT2D eigenvalue weighted by Gasteiger charge is -2.45. The van der Waals surface area contributed by atoms with Crippen molar-refractivity contribution in [2.24, 2.45) is 5.92 Å². The van der Waals surface area contributed by atoms with Gasteiger partial charge >= 0.3 is 12.2 Å². The molecule has 0 unspecified atom stereocenters. The van der Waals surface area contributed by atoms with Gasteiger partial charge in [-0.3, -0.25) is 9.78 Å². The second-order valence-corrected chi connectivity index (χ2v) is 6.20. The number of Topliss-reactive ketones (excluding diaryl/α,β-unsaturated/α-hetero) is 1. The normalized spacial score (nSPS) is 24.8. The summed E-state index contributed by atoms with van der Waals surface area (Å²) in [7, 11) is 1.42. The minimum absolute atomic E-state index is 0.133. The smallest absolute Gasteiger partial charge is 0.437 e. The van der Waals surface area contributed by atoms with Crippen LogP contribution in [0, 0.1) is 5.92 Å². The zero-order chi connectivity index (χ0) is 20.5. The standard InChI is InChI=1S/C18H16F3N3O4/c1-28-12-6-4-10(5-7-12)14-13(15(25)11-3-2-8-22-9-11)17(27,18(19,20)21)24-16(26)23-14/h2-9,13-14,27H,1H3,(H2,23,24,26)/t13-,14-,17-/m0/s1. The lowest BCUT2D eigenvalue weighted by Crippen LogP contribution is -2.72. The van der Waals surface area contributed by atoms with Gasteiger partial charge in [0.05, 0.1) is 13.2 Å². The van der Waals surface area contributed by atoms with E-state index in [1.54, 1.807) is 0 Å². The van der Waals surface area contributed by atoms with E-state index in [1.807, 2.05) is 0 Å². The number of ether oxygens (including phenoxy) is 1. The average Bonchev–Trinajstić information content (AvgIpc) is 2.67. The van der Waals surface area contributed by atoms with Crippen LogP contribution < -0.4 is 15.4 Å². The SMILES string of the molecule is COc1ccc([C@@H]2NC(=O)N[C@@](O)(C(F)(F)F)[C@@H]2C(=O)c2cccnc2)cc1. The van der Waals surface area contributed by atoms with Crippen molar-refractivity contribution in [1.29, 1.82) is 0 Å². The Morgan fingerprint density at radius 3 is 2.46 bits per heavy atom. The molecule has 1 fully saturated rings. The van der Waals surface area contributed by atoms with Gasteiger partial charge in [-0.05, 0) is 29.8 Å². The molecule has 1 aromatic carbocycles. The maximum atomic E-state index is 13.8. The molecule has 1 saturated heterocycles. The van der Waals surface area contributed by atoms with E-state index < -0.39 is 35.7 Å². The number of alkyl halides is 3. The fourth-order valence-corrected chi connectivity index (χ4v) is 3.12. The highest BCUT2D eigenvalue weighted by molar-refractivity contribution is 6.00. The topological polar surface area (TPSA) is 101 Å². The molecule has 0 spiro atoms. The quantitative estimate of drug-likeness (QED) is 0.689. The summed E-state index contributed by atoms with van der Waals surface area (Å²) < 4.78 is 46.3. The summed E-state index contributed by atoms with van der Waals surface area (Å²) >= 11 is 0. The van der Waals surface area contributed by atoms with E-state index in [-0.39, 0.29) is 11.1 Å². The molecule has 148 valence electrons. The van der Waals surface area contributed by atoms with E-state index in [0.29, 0.717) is 5.75 Å². The number of amides is 2. The third-order valence-corrected chi connectivity index (χ3v) is 4.51. The third kappa shape index (κ3) is 3.38. The molecule has 1 aliphatic rings. The van der Waals surface area contributed by atoms with Gasteiger partial charge in [0.25, 0.3) is 0 Å². The molecule has 0 radical (unpaired) electrons. The molecule has 7 nitrogen and oxygen atoms in total. The molecular weight excluding hydrogens is 379 g/mol. The van der Waals surface area contributed by atoms with Crippen molar-refractivity contribution in [2.45, 2.75) is 17.9 Å². The summed E-state index contributed by atoms with van der Waals surface area (Å²) in [6.07, 6.45) is -2.85. The lowest BCUT2D eigenvalue weighted by molar-refractivity contribution is -0.287. The van der Waals surface area contributed by atoms with E-state index >= 15 is 0 Å². The average molecular weight is 395 g/mol. The number of nitrogens with zero attached hydrogens (tertiary/aromatic N) is 1. The first-order chi connectivity index (χ1) is 13.2. The van der Waals surface area contributed by atoms with Crippen LogP contribution in [0.15, 0.2) is 48.8 Å². The highest BCUT2D eigenvalue weighted by atomic mass is 19.4. The predicted molar refractivity (Wildman–Crippen MR) is 90.5 cm³/mol. The number of rotatable bonds is 4. The van der Waals surface area contributed by atoms with E-state index in [1.165, 1.54) is 55.0 Å². The number of nitrogens with one attached hydrogen (secondary N) is 2. The van der Waals surface area contributed by atoms with E-state index in [0.717, 1.165) is 6.20 Å². The number of urea groups is 1. The number of methoxy groups -OCH3 is 1. The number of benzene rings is 1. The van der Waals surface area contributed by atoms with E-state index in [9.17, 15) is 27.9 Å². The Kier molecular flexibility index (Phi) is 4.99. The number of hydrogen-bond acceptors (Lipinski definition) is 5. The Labute approximate surface area is 157 Å². The van der Waals surface area contributed by atoms with Crippen molar-refractivity contribution in [2.75, 3.05) is 7.11 Å². The predicted octanol–water partition coefficient (Wildman–Crippen LogP) is 2.19. The molecule has 0 bridgehead atoms. The number of aromatic nitrogens is 1. The van der Waals surface area contributed by atoms with Crippen LogP contribution in [0.1, 0.15) is 22.0 Å². The van der Waals surface area contributed by atoms with E-state index in [4.69, 9.17) is 4.74 Å². The maximum absolute atomic E-state index is 13.8. The zero-order valence-electron chi connectivity index (χ0n) is 14.5. The van der Waals surface area contributed by atoms with Gasteiger partial charge in [-0.2, -0.15) is 13.2 Å². The molecule has 1 aliphatic heterocycles. The lowest BCUT2D eigenvalue weighted by atomic mass is 9.77. The molecule has 2 amide bonds. The number of pyridine rings is 1. The van der Waals surface area contributed by atoms with Crippen LogP contribution in [-0.4, -0.2) is 40.9 Å². The van der Waals surface area contributed by atoms with Gasteiger partial charge in [-0.1, -0.05) is 12.1 Å². The molecule has 1 aromatic heterocycles. The van der Waals surface area contributed by atoms with Crippen LogP contribution in [0.25, 0.3) is 0 Å². The highest BCUT2D eigenvalue weighted by Gasteiger charge is 2.66. The summed E-state index contributed by atoms with van der Waals surface area (Å²) in [6, 6.07) is 5.74. The number of aliphatic hydroxyl groups is 1. The molecule has 10 heteroatoms. The van der Waals surface area contributed by atoms with Crippen LogP contribution in [0.4, 0.5) is 18.0 Å². The molecule has 0 saturated carbocycles. The molecule has 3 rings (SSSR count). The molecule has 2 aromatic rings. The number of halogens is 3. The first-order valence-electron chi connectivity index (χ1n) is 8.13. The van der Waals surface area contributed by atoms with Gasteiger partial charge < -0.3 is 20.5 Å².